The number of nitrogens with one attached hydrogen (secondary N) is 2. The molecule has 0 bridgehead atoms. The Labute approximate surface area is 182 Å². The molecular weight excluding hydrogens is 422 g/mol. The van der Waals surface area contributed by atoms with Gasteiger partial charge in [0, 0.05) is 37.4 Å². The van der Waals surface area contributed by atoms with Gasteiger partial charge in [-0.2, -0.15) is 5.10 Å². The van der Waals surface area contributed by atoms with E-state index in [4.69, 9.17) is 4.74 Å². The molecule has 0 spiro atoms. The van der Waals surface area contributed by atoms with Crippen molar-refractivity contribution in [1.29, 1.82) is 0 Å². The summed E-state index contributed by atoms with van der Waals surface area (Å²) in [5.41, 5.74) is 0.756. The minimum Gasteiger partial charge on any atom is -0.380 e. The molecule has 3 rings (SSSR count). The maximum atomic E-state index is 12.3. The van der Waals surface area contributed by atoms with Gasteiger partial charge in [0.1, 0.15) is 5.82 Å². The molecule has 0 aliphatic rings. The average molecular weight is 446 g/mol. The van der Waals surface area contributed by atoms with Crippen LogP contribution in [-0.4, -0.2) is 63.1 Å². The molecule has 12 heteroatoms. The zero-order valence-electron chi connectivity index (χ0n) is 17.2. The zero-order valence-corrected chi connectivity index (χ0v) is 18.0. The summed E-state index contributed by atoms with van der Waals surface area (Å²) in [6.07, 6.45) is 3.58. The molecule has 0 atom stereocenters. The van der Waals surface area contributed by atoms with Gasteiger partial charge < -0.3 is 15.4 Å². The lowest BCUT2D eigenvalue weighted by atomic mass is 10.2. The van der Waals surface area contributed by atoms with Crippen LogP contribution in [0.15, 0.2) is 35.6 Å². The number of nitrogens with zero attached hydrogens (tertiary/aromatic N) is 5. The first-order valence-electron chi connectivity index (χ1n) is 9.65. The quantitative estimate of drug-likeness (QED) is 0.150. The normalized spacial score (nSPS) is 10.9. The molecule has 2 heterocycles. The maximum absolute atomic E-state index is 12.3. The summed E-state index contributed by atoms with van der Waals surface area (Å²) >= 11 is 1.42. The Hall–Kier alpha value is -3.25. The van der Waals surface area contributed by atoms with E-state index in [0.717, 1.165) is 5.39 Å². The van der Waals surface area contributed by atoms with Crippen molar-refractivity contribution in [2.45, 2.75) is 18.6 Å². The molecule has 1 aromatic carbocycles. The summed E-state index contributed by atoms with van der Waals surface area (Å²) in [5.74, 6) is 0.291. The van der Waals surface area contributed by atoms with Crippen LogP contribution in [0.1, 0.15) is 17.3 Å². The number of ether oxygens (including phenoxy) is 1. The highest BCUT2D eigenvalue weighted by molar-refractivity contribution is 7.98. The molecule has 0 saturated carbocycles. The van der Waals surface area contributed by atoms with E-state index >= 15 is 0 Å². The van der Waals surface area contributed by atoms with Crippen LogP contribution in [0, 0.1) is 10.1 Å². The molecule has 0 aliphatic heterocycles. The van der Waals surface area contributed by atoms with Gasteiger partial charge >= 0.3 is 0 Å². The fraction of sp³-hybridized carbons (Fsp3) is 0.368. The third-order valence-electron chi connectivity index (χ3n) is 4.33. The van der Waals surface area contributed by atoms with Crippen LogP contribution in [0.5, 0.6) is 0 Å². The predicted molar refractivity (Wildman–Crippen MR) is 118 cm³/mol. The number of anilines is 1. The van der Waals surface area contributed by atoms with Crippen LogP contribution in [0.4, 0.5) is 11.5 Å². The van der Waals surface area contributed by atoms with E-state index in [-0.39, 0.29) is 17.8 Å². The average Bonchev–Trinajstić information content (AvgIpc) is 3.19. The van der Waals surface area contributed by atoms with E-state index in [2.05, 4.69) is 25.7 Å². The van der Waals surface area contributed by atoms with Gasteiger partial charge in [-0.15, -0.1) is 0 Å². The highest BCUT2D eigenvalue weighted by Gasteiger charge is 2.14. The van der Waals surface area contributed by atoms with Crippen LogP contribution in [0.2, 0.25) is 0 Å². The number of rotatable bonds is 11. The molecule has 0 radical (unpaired) electrons. The molecule has 11 nitrogen and oxygen atoms in total. The summed E-state index contributed by atoms with van der Waals surface area (Å²) in [6, 6.07) is 5.60. The number of carbonyl (C=O) groups is 1. The van der Waals surface area contributed by atoms with Crippen LogP contribution < -0.4 is 10.6 Å². The summed E-state index contributed by atoms with van der Waals surface area (Å²) in [6.45, 7) is 4.43. The third-order valence-corrected chi connectivity index (χ3v) is 4.88. The third kappa shape index (κ3) is 5.67. The van der Waals surface area contributed by atoms with Gasteiger partial charge in [0.2, 0.25) is 0 Å². The van der Waals surface area contributed by atoms with Crippen molar-refractivity contribution in [1.82, 2.24) is 25.1 Å². The maximum Gasteiger partial charge on any atom is 0.270 e. The number of hydrogen-bond donors (Lipinski definition) is 2. The highest BCUT2D eigenvalue weighted by atomic mass is 32.2. The van der Waals surface area contributed by atoms with Crippen molar-refractivity contribution in [3.63, 3.8) is 0 Å². The Balaban J connectivity index is 1.68. The lowest BCUT2D eigenvalue weighted by molar-refractivity contribution is -0.384. The van der Waals surface area contributed by atoms with Gasteiger partial charge in [-0.3, -0.25) is 14.9 Å². The monoisotopic (exact) mass is 445 g/mol. The molecule has 2 N–H and O–H groups in total. The predicted octanol–water partition coefficient (Wildman–Crippen LogP) is 2.33. The molecule has 164 valence electrons. The second kappa shape index (κ2) is 10.7. The van der Waals surface area contributed by atoms with Crippen molar-refractivity contribution in [3.05, 3.63) is 46.1 Å². The number of non-ortho nitro benzene ring substituents is 1. The number of nitro groups is 1. The van der Waals surface area contributed by atoms with Crippen molar-refractivity contribution >= 4 is 40.2 Å². The van der Waals surface area contributed by atoms with Crippen LogP contribution >= 0.6 is 11.8 Å². The van der Waals surface area contributed by atoms with Crippen LogP contribution in [0.25, 0.3) is 11.0 Å². The number of amides is 1. The first-order chi connectivity index (χ1) is 15.0. The Bertz CT molecular complexity index is 1070. The van der Waals surface area contributed by atoms with E-state index in [0.29, 0.717) is 42.9 Å². The fourth-order valence-corrected chi connectivity index (χ4v) is 3.21. The first kappa shape index (κ1) is 22.4. The highest BCUT2D eigenvalue weighted by Crippen LogP contribution is 2.23. The number of benzene rings is 1. The lowest BCUT2D eigenvalue weighted by Crippen LogP contribution is -2.27. The summed E-state index contributed by atoms with van der Waals surface area (Å²) in [5, 5.41) is 22.7. The Morgan fingerprint density at radius 3 is 2.90 bits per heavy atom. The smallest absolute Gasteiger partial charge is 0.270 e. The molecule has 31 heavy (non-hydrogen) atoms. The van der Waals surface area contributed by atoms with E-state index in [1.807, 2.05) is 13.2 Å². The number of nitro benzene ring substituents is 1. The number of hydrogen-bond acceptors (Lipinski definition) is 9. The molecule has 1 amide bonds. The number of thioether (sulfide) groups is 1. The van der Waals surface area contributed by atoms with E-state index < -0.39 is 10.8 Å². The van der Waals surface area contributed by atoms with Crippen molar-refractivity contribution in [2.75, 3.05) is 37.9 Å². The standard InChI is InChI=1S/C19H23N7O4S/c1-3-30-10-8-20-16-15-12-22-25(17(15)24-19(23-16)31-2)9-7-21-18(27)13-5-4-6-14(11-13)26(28)29/h4-6,11-12H,3,7-10H2,1-2H3,(H,21,27)(H,20,23,24). The van der Waals surface area contributed by atoms with E-state index in [1.54, 1.807) is 10.9 Å². The molecular formula is C19H23N7O4S. The van der Waals surface area contributed by atoms with Gasteiger partial charge in [-0.1, -0.05) is 17.8 Å². The molecule has 3 aromatic rings. The molecule has 0 saturated heterocycles. The van der Waals surface area contributed by atoms with Crippen molar-refractivity contribution in [2.24, 2.45) is 0 Å². The SMILES string of the molecule is CCOCCNc1nc(SC)nc2c1cnn2CCNC(=O)c1cccc([N+](=O)[O-])c1. The zero-order chi connectivity index (χ0) is 22.2. The van der Waals surface area contributed by atoms with Gasteiger partial charge in [-0.25, -0.2) is 14.6 Å². The van der Waals surface area contributed by atoms with Crippen LogP contribution in [0.3, 0.4) is 0 Å². The fourth-order valence-electron chi connectivity index (χ4n) is 2.85. The Kier molecular flexibility index (Phi) is 7.73. The van der Waals surface area contributed by atoms with Crippen LogP contribution in [-0.2, 0) is 11.3 Å². The summed E-state index contributed by atoms with van der Waals surface area (Å²) < 4.78 is 7.04. The number of carbonyl (C=O) groups excluding carboxylic acids is 1. The number of aromatic nitrogens is 4. The van der Waals surface area contributed by atoms with E-state index in [1.165, 1.54) is 36.0 Å². The topological polar surface area (TPSA) is 137 Å². The van der Waals surface area contributed by atoms with Crippen molar-refractivity contribution in [3.8, 4) is 0 Å². The van der Waals surface area contributed by atoms with Gasteiger partial charge in [0.15, 0.2) is 10.8 Å². The van der Waals surface area contributed by atoms with Gasteiger partial charge in [0.25, 0.3) is 11.6 Å². The first-order valence-corrected chi connectivity index (χ1v) is 10.9. The molecule has 0 unspecified atom stereocenters. The molecule has 0 fully saturated rings. The minimum atomic E-state index is -0.532. The Morgan fingerprint density at radius 2 is 2.16 bits per heavy atom. The molecule has 0 aliphatic carbocycles. The number of fused-ring (bicyclic) bond motifs is 1. The lowest BCUT2D eigenvalue weighted by Gasteiger charge is -2.09. The minimum absolute atomic E-state index is 0.128. The second-order valence-electron chi connectivity index (χ2n) is 6.35. The van der Waals surface area contributed by atoms with E-state index in [9.17, 15) is 14.9 Å². The summed E-state index contributed by atoms with van der Waals surface area (Å²) in [4.78, 5) is 31.7. The molecule has 2 aromatic heterocycles. The van der Waals surface area contributed by atoms with Crippen molar-refractivity contribution < 1.29 is 14.5 Å². The Morgan fingerprint density at radius 1 is 1.32 bits per heavy atom. The second-order valence-corrected chi connectivity index (χ2v) is 7.12. The summed E-state index contributed by atoms with van der Waals surface area (Å²) in [7, 11) is 0. The largest absolute Gasteiger partial charge is 0.380 e. The van der Waals surface area contributed by atoms with Gasteiger partial charge in [-0.05, 0) is 19.2 Å². The van der Waals surface area contributed by atoms with Gasteiger partial charge in [0.05, 0.1) is 29.7 Å².